The Morgan fingerprint density at radius 2 is 2.27 bits per heavy atom. The van der Waals surface area contributed by atoms with Crippen LogP contribution in [-0.4, -0.2) is 11.5 Å². The maximum absolute atomic E-state index is 10.2. The molecule has 3 heteroatoms. The molecule has 1 heterocycles. The second-order valence-corrected chi connectivity index (χ2v) is 4.02. The van der Waals surface area contributed by atoms with E-state index in [1.54, 1.807) is 17.8 Å². The van der Waals surface area contributed by atoms with Crippen molar-refractivity contribution in [2.75, 3.05) is 0 Å². The van der Waals surface area contributed by atoms with Crippen LogP contribution in [0.15, 0.2) is 21.6 Å². The number of hydrogen-bond donors (Lipinski definition) is 0. The monoisotopic (exact) mass is 170 g/mol. The predicted molar refractivity (Wildman–Crippen MR) is 45.1 cm³/mol. The summed E-state index contributed by atoms with van der Waals surface area (Å²) in [6, 6.07) is 3.49. The highest BCUT2D eigenvalue weighted by molar-refractivity contribution is 7.99. The van der Waals surface area contributed by atoms with E-state index in [0.29, 0.717) is 17.3 Å². The van der Waals surface area contributed by atoms with E-state index < -0.39 is 0 Å². The molecule has 60 valence electrons. The first-order valence-corrected chi connectivity index (χ1v) is 4.32. The number of rotatable bonds is 3. The topological polar surface area (TPSA) is 30.2 Å². The Bertz CT molecular complexity index is 240. The predicted octanol–water partition coefficient (Wildman–Crippen LogP) is 2.59. The molecule has 11 heavy (non-hydrogen) atoms. The van der Waals surface area contributed by atoms with Gasteiger partial charge < -0.3 is 4.42 Å². The van der Waals surface area contributed by atoms with Crippen molar-refractivity contribution in [3.63, 3.8) is 0 Å². The quantitative estimate of drug-likeness (QED) is 0.516. The first-order valence-electron chi connectivity index (χ1n) is 3.44. The van der Waals surface area contributed by atoms with Gasteiger partial charge in [-0.15, -0.1) is 0 Å². The molecule has 0 aliphatic carbocycles. The molecule has 0 fully saturated rings. The summed E-state index contributed by atoms with van der Waals surface area (Å²) in [6.07, 6.45) is 0.713. The van der Waals surface area contributed by atoms with Crippen LogP contribution in [0.3, 0.4) is 0 Å². The molecule has 1 aromatic rings. The van der Waals surface area contributed by atoms with Gasteiger partial charge in [0.05, 0.1) is 0 Å². The smallest absolute Gasteiger partial charge is 0.185 e. The Kier molecular flexibility index (Phi) is 2.76. The fourth-order valence-electron chi connectivity index (χ4n) is 0.693. The van der Waals surface area contributed by atoms with Crippen molar-refractivity contribution < 1.29 is 9.21 Å². The molecule has 0 saturated heterocycles. The van der Waals surface area contributed by atoms with Crippen LogP contribution in [0.5, 0.6) is 0 Å². The fourth-order valence-corrected chi connectivity index (χ4v) is 1.45. The van der Waals surface area contributed by atoms with Gasteiger partial charge in [0.15, 0.2) is 17.1 Å². The molecule has 1 rings (SSSR count). The molecule has 2 nitrogen and oxygen atoms in total. The molecule has 0 unspecified atom stereocenters. The zero-order valence-electron chi connectivity index (χ0n) is 6.53. The third-order valence-corrected chi connectivity index (χ3v) is 1.99. The first-order chi connectivity index (χ1) is 5.22. The lowest BCUT2D eigenvalue weighted by Crippen LogP contribution is -1.83. The molecule has 0 N–H and O–H groups in total. The van der Waals surface area contributed by atoms with Crippen molar-refractivity contribution in [1.29, 1.82) is 0 Å². The molecule has 0 amide bonds. The second-order valence-electron chi connectivity index (χ2n) is 2.44. The summed E-state index contributed by atoms with van der Waals surface area (Å²) < 4.78 is 5.14. The maximum Gasteiger partial charge on any atom is 0.185 e. The SMILES string of the molecule is CC(C)Sc1ccc(C=O)o1. The molecule has 0 atom stereocenters. The molecule has 0 aromatic carbocycles. The minimum Gasteiger partial charge on any atom is -0.447 e. The highest BCUT2D eigenvalue weighted by Crippen LogP contribution is 2.24. The van der Waals surface area contributed by atoms with Crippen molar-refractivity contribution in [2.24, 2.45) is 0 Å². The van der Waals surface area contributed by atoms with Gasteiger partial charge in [0.1, 0.15) is 0 Å². The van der Waals surface area contributed by atoms with Gasteiger partial charge in [-0.25, -0.2) is 0 Å². The van der Waals surface area contributed by atoms with E-state index in [0.717, 1.165) is 5.09 Å². The number of aldehydes is 1. The lowest BCUT2D eigenvalue weighted by Gasteiger charge is -1.98. The Balaban J connectivity index is 2.65. The van der Waals surface area contributed by atoms with Crippen LogP contribution in [0.1, 0.15) is 24.4 Å². The van der Waals surface area contributed by atoms with Crippen LogP contribution < -0.4 is 0 Å². The summed E-state index contributed by atoms with van der Waals surface area (Å²) in [6.45, 7) is 4.15. The lowest BCUT2D eigenvalue weighted by molar-refractivity contribution is 0.109. The van der Waals surface area contributed by atoms with Gasteiger partial charge in [-0.1, -0.05) is 25.6 Å². The van der Waals surface area contributed by atoms with E-state index in [4.69, 9.17) is 4.42 Å². The zero-order valence-corrected chi connectivity index (χ0v) is 7.35. The summed E-state index contributed by atoms with van der Waals surface area (Å²) in [5.41, 5.74) is 0. The molecule has 0 aliphatic heterocycles. The van der Waals surface area contributed by atoms with E-state index in [9.17, 15) is 4.79 Å². The highest BCUT2D eigenvalue weighted by Gasteiger charge is 2.02. The van der Waals surface area contributed by atoms with Gasteiger partial charge in [-0.2, -0.15) is 0 Å². The van der Waals surface area contributed by atoms with Gasteiger partial charge in [0, 0.05) is 5.25 Å². The van der Waals surface area contributed by atoms with Gasteiger partial charge in [-0.3, -0.25) is 4.79 Å². The minimum atomic E-state index is 0.396. The Labute approximate surface area is 70.0 Å². The zero-order chi connectivity index (χ0) is 8.27. The Hall–Kier alpha value is -0.700. The van der Waals surface area contributed by atoms with Gasteiger partial charge in [0.25, 0.3) is 0 Å². The largest absolute Gasteiger partial charge is 0.447 e. The van der Waals surface area contributed by atoms with E-state index in [1.165, 1.54) is 0 Å². The van der Waals surface area contributed by atoms with E-state index in [2.05, 4.69) is 13.8 Å². The lowest BCUT2D eigenvalue weighted by atomic mass is 10.5. The van der Waals surface area contributed by atoms with Crippen LogP contribution in [0, 0.1) is 0 Å². The summed E-state index contributed by atoms with van der Waals surface area (Å²) in [4.78, 5) is 10.2. The van der Waals surface area contributed by atoms with Crippen LogP contribution in [0.4, 0.5) is 0 Å². The van der Waals surface area contributed by atoms with Crippen LogP contribution in [0.2, 0.25) is 0 Å². The molecule has 0 bridgehead atoms. The summed E-state index contributed by atoms with van der Waals surface area (Å²) in [7, 11) is 0. The Morgan fingerprint density at radius 1 is 1.55 bits per heavy atom. The van der Waals surface area contributed by atoms with Crippen molar-refractivity contribution in [3.8, 4) is 0 Å². The van der Waals surface area contributed by atoms with Gasteiger partial charge in [0.2, 0.25) is 0 Å². The average molecular weight is 170 g/mol. The van der Waals surface area contributed by atoms with E-state index in [-0.39, 0.29) is 0 Å². The van der Waals surface area contributed by atoms with Crippen molar-refractivity contribution >= 4 is 18.0 Å². The van der Waals surface area contributed by atoms with Crippen molar-refractivity contribution in [3.05, 3.63) is 17.9 Å². The third kappa shape index (κ3) is 2.42. The van der Waals surface area contributed by atoms with E-state index >= 15 is 0 Å². The molecule has 0 aliphatic rings. The average Bonchev–Trinajstić information content (AvgIpc) is 2.34. The van der Waals surface area contributed by atoms with Crippen molar-refractivity contribution in [1.82, 2.24) is 0 Å². The maximum atomic E-state index is 10.2. The number of hydrogen-bond acceptors (Lipinski definition) is 3. The minimum absolute atomic E-state index is 0.396. The molecule has 0 radical (unpaired) electrons. The number of carbonyl (C=O) groups excluding carboxylic acids is 1. The highest BCUT2D eigenvalue weighted by atomic mass is 32.2. The molecule has 0 spiro atoms. The Morgan fingerprint density at radius 3 is 2.73 bits per heavy atom. The molecular formula is C8H10O2S. The second kappa shape index (κ2) is 3.62. The molecule has 0 saturated carbocycles. The summed E-state index contributed by atoms with van der Waals surface area (Å²) in [5, 5.41) is 1.29. The number of carbonyl (C=O) groups is 1. The van der Waals surface area contributed by atoms with Gasteiger partial charge in [-0.05, 0) is 12.1 Å². The number of furan rings is 1. The standard InChI is InChI=1S/C8H10O2S/c1-6(2)11-8-4-3-7(5-9)10-8/h3-6H,1-2H3. The molecule has 1 aromatic heterocycles. The normalized spacial score (nSPS) is 10.5. The summed E-state index contributed by atoms with van der Waals surface area (Å²) >= 11 is 1.61. The molecular weight excluding hydrogens is 160 g/mol. The van der Waals surface area contributed by atoms with E-state index in [1.807, 2.05) is 6.07 Å². The van der Waals surface area contributed by atoms with Gasteiger partial charge >= 0.3 is 0 Å². The summed E-state index contributed by atoms with van der Waals surface area (Å²) in [5.74, 6) is 0.396. The van der Waals surface area contributed by atoms with Crippen LogP contribution >= 0.6 is 11.8 Å². The fraction of sp³-hybridized carbons (Fsp3) is 0.375. The third-order valence-electron chi connectivity index (χ3n) is 1.07. The van der Waals surface area contributed by atoms with Crippen LogP contribution in [0.25, 0.3) is 0 Å². The van der Waals surface area contributed by atoms with Crippen molar-refractivity contribution in [2.45, 2.75) is 24.2 Å². The first kappa shape index (κ1) is 8.40. The number of thioether (sulfide) groups is 1. The van der Waals surface area contributed by atoms with Crippen LogP contribution in [-0.2, 0) is 0 Å².